The molecule has 0 bridgehead atoms. The van der Waals surface area contributed by atoms with Crippen molar-refractivity contribution in [2.75, 3.05) is 18.6 Å². The lowest BCUT2D eigenvalue weighted by Crippen LogP contribution is -2.28. The first kappa shape index (κ1) is 15.9. The lowest BCUT2D eigenvalue weighted by molar-refractivity contribution is 0.0950. The standard InChI is InChI=1S/C16H18FN3O2S/c1-23(22)10-9-18-16(21)15-11-5-4-8-13(11)20(19-15)14-7-3-2-6-12(14)17/h2-3,6-7H,4-5,8-10H2,1H3,(H,18,21)/t23-/m1/s1. The van der Waals surface area contributed by atoms with Crippen molar-refractivity contribution in [2.24, 2.45) is 0 Å². The summed E-state index contributed by atoms with van der Waals surface area (Å²) in [5.41, 5.74) is 2.50. The Morgan fingerprint density at radius 2 is 2.17 bits per heavy atom. The van der Waals surface area contributed by atoms with Crippen LogP contribution in [0.25, 0.3) is 5.69 Å². The number of benzene rings is 1. The van der Waals surface area contributed by atoms with Gasteiger partial charge in [0.2, 0.25) is 0 Å². The molecule has 0 radical (unpaired) electrons. The van der Waals surface area contributed by atoms with Gasteiger partial charge in [0, 0.05) is 40.6 Å². The van der Waals surface area contributed by atoms with E-state index in [4.69, 9.17) is 0 Å². The summed E-state index contributed by atoms with van der Waals surface area (Å²) in [6.07, 6.45) is 4.08. The molecule has 0 aliphatic heterocycles. The molecule has 7 heteroatoms. The van der Waals surface area contributed by atoms with Crippen LogP contribution in [0, 0.1) is 5.82 Å². The number of fused-ring (bicyclic) bond motifs is 1. The highest BCUT2D eigenvalue weighted by Crippen LogP contribution is 2.28. The Labute approximate surface area is 136 Å². The molecular formula is C16H18FN3O2S. The Hall–Kier alpha value is -2.02. The number of carbonyl (C=O) groups is 1. The van der Waals surface area contributed by atoms with E-state index < -0.39 is 10.8 Å². The maximum atomic E-state index is 14.1. The van der Waals surface area contributed by atoms with E-state index in [1.807, 2.05) is 0 Å². The number of halogens is 1. The lowest BCUT2D eigenvalue weighted by Gasteiger charge is -2.06. The first-order valence-corrected chi connectivity index (χ1v) is 9.24. The molecule has 1 aromatic carbocycles. The molecule has 0 saturated heterocycles. The molecule has 1 aromatic heterocycles. The van der Waals surface area contributed by atoms with E-state index in [-0.39, 0.29) is 11.7 Å². The van der Waals surface area contributed by atoms with Crippen LogP contribution in [0.4, 0.5) is 4.39 Å². The maximum absolute atomic E-state index is 14.1. The van der Waals surface area contributed by atoms with Crippen LogP contribution in [0.2, 0.25) is 0 Å². The molecule has 23 heavy (non-hydrogen) atoms. The molecule has 5 nitrogen and oxygen atoms in total. The Morgan fingerprint density at radius 3 is 2.91 bits per heavy atom. The molecule has 1 N–H and O–H groups in total. The van der Waals surface area contributed by atoms with Crippen molar-refractivity contribution in [3.05, 3.63) is 47.0 Å². The Morgan fingerprint density at radius 1 is 1.39 bits per heavy atom. The summed E-state index contributed by atoms with van der Waals surface area (Å²) in [6.45, 7) is 0.337. The van der Waals surface area contributed by atoms with Crippen LogP contribution in [0.15, 0.2) is 24.3 Å². The van der Waals surface area contributed by atoms with E-state index >= 15 is 0 Å². The van der Waals surface area contributed by atoms with Crippen LogP contribution in [0.1, 0.15) is 28.2 Å². The zero-order valence-electron chi connectivity index (χ0n) is 12.8. The van der Waals surface area contributed by atoms with Crippen molar-refractivity contribution < 1.29 is 13.4 Å². The summed E-state index contributed by atoms with van der Waals surface area (Å²) >= 11 is 0. The zero-order chi connectivity index (χ0) is 16.4. The second-order valence-corrected chi connectivity index (χ2v) is 7.08. The van der Waals surface area contributed by atoms with Gasteiger partial charge in [-0.3, -0.25) is 9.00 Å². The Bertz CT molecular complexity index is 773. The normalized spacial score (nSPS) is 14.5. The molecule has 1 aliphatic carbocycles. The van der Waals surface area contributed by atoms with Gasteiger partial charge in [-0.1, -0.05) is 12.1 Å². The summed E-state index contributed by atoms with van der Waals surface area (Å²) in [6, 6.07) is 6.41. The van der Waals surface area contributed by atoms with Gasteiger partial charge >= 0.3 is 0 Å². The first-order chi connectivity index (χ1) is 11.1. The molecule has 1 atom stereocenters. The minimum atomic E-state index is -0.955. The van der Waals surface area contributed by atoms with E-state index in [9.17, 15) is 13.4 Å². The summed E-state index contributed by atoms with van der Waals surface area (Å²) in [5, 5.41) is 7.09. The van der Waals surface area contributed by atoms with Crippen molar-refractivity contribution in [3.8, 4) is 5.69 Å². The predicted molar refractivity (Wildman–Crippen MR) is 86.8 cm³/mol. The number of carbonyl (C=O) groups excluding carboxylic acids is 1. The number of amides is 1. The fourth-order valence-corrected chi connectivity index (χ4v) is 3.22. The van der Waals surface area contributed by atoms with Gasteiger partial charge in [0.25, 0.3) is 5.91 Å². The molecule has 1 heterocycles. The molecule has 0 fully saturated rings. The summed E-state index contributed by atoms with van der Waals surface area (Å²) < 4.78 is 26.7. The molecule has 0 saturated carbocycles. The van der Waals surface area contributed by atoms with Crippen LogP contribution in [-0.2, 0) is 23.6 Å². The topological polar surface area (TPSA) is 64.0 Å². The number of aromatic nitrogens is 2. The average molecular weight is 335 g/mol. The van der Waals surface area contributed by atoms with Gasteiger partial charge in [-0.2, -0.15) is 5.10 Å². The van der Waals surface area contributed by atoms with Crippen LogP contribution in [0.5, 0.6) is 0 Å². The number of nitrogens with zero attached hydrogens (tertiary/aromatic N) is 2. The molecule has 1 amide bonds. The van der Waals surface area contributed by atoms with E-state index in [1.54, 1.807) is 29.1 Å². The fourth-order valence-electron chi connectivity index (χ4n) is 2.83. The van der Waals surface area contributed by atoms with Crippen molar-refractivity contribution in [3.63, 3.8) is 0 Å². The smallest absolute Gasteiger partial charge is 0.272 e. The van der Waals surface area contributed by atoms with Gasteiger partial charge < -0.3 is 5.32 Å². The van der Waals surface area contributed by atoms with Crippen molar-refractivity contribution in [1.82, 2.24) is 15.1 Å². The SMILES string of the molecule is C[S@@](=O)CCNC(=O)c1nn(-c2ccccc2F)c2c1CCC2. The minimum Gasteiger partial charge on any atom is -0.350 e. The van der Waals surface area contributed by atoms with Gasteiger partial charge in [0.1, 0.15) is 11.5 Å². The number of rotatable bonds is 5. The third-order valence-corrected chi connectivity index (χ3v) is 4.68. The Balaban J connectivity index is 1.91. The van der Waals surface area contributed by atoms with Crippen LogP contribution >= 0.6 is 0 Å². The largest absolute Gasteiger partial charge is 0.350 e. The number of nitrogens with one attached hydrogen (secondary N) is 1. The summed E-state index contributed by atoms with van der Waals surface area (Å²) in [5.74, 6) is -0.246. The maximum Gasteiger partial charge on any atom is 0.272 e. The average Bonchev–Trinajstić information content (AvgIpc) is 3.09. The second-order valence-electron chi connectivity index (χ2n) is 5.52. The molecule has 122 valence electrons. The number of hydrogen-bond donors (Lipinski definition) is 1. The minimum absolute atomic E-state index is 0.288. The third kappa shape index (κ3) is 3.19. The van der Waals surface area contributed by atoms with Gasteiger partial charge in [-0.05, 0) is 31.4 Å². The number of para-hydroxylation sites is 1. The highest BCUT2D eigenvalue weighted by Gasteiger charge is 2.27. The molecule has 3 rings (SSSR count). The molecule has 2 aromatic rings. The van der Waals surface area contributed by atoms with Gasteiger partial charge in [0.05, 0.1) is 0 Å². The third-order valence-electron chi connectivity index (χ3n) is 3.90. The monoisotopic (exact) mass is 335 g/mol. The Kier molecular flexibility index (Phi) is 4.56. The molecule has 0 spiro atoms. The van der Waals surface area contributed by atoms with E-state index in [1.165, 1.54) is 6.07 Å². The van der Waals surface area contributed by atoms with E-state index in [2.05, 4.69) is 10.4 Å². The van der Waals surface area contributed by atoms with E-state index in [0.29, 0.717) is 23.7 Å². The molecular weight excluding hydrogens is 317 g/mol. The zero-order valence-corrected chi connectivity index (χ0v) is 13.7. The van der Waals surface area contributed by atoms with Gasteiger partial charge in [-0.15, -0.1) is 0 Å². The van der Waals surface area contributed by atoms with Gasteiger partial charge in [-0.25, -0.2) is 9.07 Å². The number of hydrogen-bond acceptors (Lipinski definition) is 3. The highest BCUT2D eigenvalue weighted by molar-refractivity contribution is 7.84. The second kappa shape index (κ2) is 6.62. The summed E-state index contributed by atoms with van der Waals surface area (Å²) in [4.78, 5) is 12.3. The predicted octanol–water partition coefficient (Wildman–Crippen LogP) is 1.61. The molecule has 0 unspecified atom stereocenters. The quantitative estimate of drug-likeness (QED) is 0.903. The van der Waals surface area contributed by atoms with Crippen LogP contribution in [0.3, 0.4) is 0 Å². The van der Waals surface area contributed by atoms with Crippen molar-refractivity contribution in [2.45, 2.75) is 19.3 Å². The lowest BCUT2D eigenvalue weighted by atomic mass is 10.2. The van der Waals surface area contributed by atoms with Gasteiger partial charge in [0.15, 0.2) is 5.69 Å². The van der Waals surface area contributed by atoms with Crippen molar-refractivity contribution >= 4 is 16.7 Å². The fraction of sp³-hybridized carbons (Fsp3) is 0.375. The first-order valence-electron chi connectivity index (χ1n) is 7.52. The highest BCUT2D eigenvalue weighted by atomic mass is 32.2. The molecule has 1 aliphatic rings. The van der Waals surface area contributed by atoms with E-state index in [0.717, 1.165) is 30.5 Å². The summed E-state index contributed by atoms with van der Waals surface area (Å²) in [7, 11) is -0.955. The van der Waals surface area contributed by atoms with Crippen molar-refractivity contribution in [1.29, 1.82) is 0 Å². The van der Waals surface area contributed by atoms with Crippen LogP contribution < -0.4 is 5.32 Å². The van der Waals surface area contributed by atoms with Crippen LogP contribution in [-0.4, -0.2) is 38.4 Å².